The van der Waals surface area contributed by atoms with Crippen LogP contribution in [0.5, 0.6) is 0 Å². The Hall–Kier alpha value is -1.65. The number of pyridine rings is 1. The number of aromatic nitrogens is 4. The molecule has 27 heavy (non-hydrogen) atoms. The summed E-state index contributed by atoms with van der Waals surface area (Å²) in [5, 5.41) is 4.86. The van der Waals surface area contributed by atoms with Crippen molar-refractivity contribution < 1.29 is 9.47 Å². The molecular weight excluding hydrogens is 364 g/mol. The van der Waals surface area contributed by atoms with Crippen molar-refractivity contribution in [3.05, 3.63) is 29.3 Å². The zero-order valence-corrected chi connectivity index (χ0v) is 16.3. The Bertz CT molecular complexity index is 781. The largest absolute Gasteiger partial charge is 0.379 e. The molecule has 4 heterocycles. The van der Waals surface area contributed by atoms with Gasteiger partial charge in [0.2, 0.25) is 0 Å². The van der Waals surface area contributed by atoms with Crippen LogP contribution in [0.15, 0.2) is 24.5 Å². The molecule has 0 saturated carbocycles. The first kappa shape index (κ1) is 18.7. The number of nitrogens with zero attached hydrogens (tertiary/aromatic N) is 6. The average Bonchev–Trinajstić information content (AvgIpc) is 3.04. The van der Waals surface area contributed by atoms with Crippen molar-refractivity contribution in [3.8, 4) is 11.4 Å². The van der Waals surface area contributed by atoms with Gasteiger partial charge in [-0.3, -0.25) is 19.4 Å². The molecule has 9 heteroatoms. The van der Waals surface area contributed by atoms with Crippen molar-refractivity contribution in [3.63, 3.8) is 0 Å². The molecule has 2 aliphatic heterocycles. The van der Waals surface area contributed by atoms with Crippen LogP contribution in [-0.2, 0) is 22.7 Å². The van der Waals surface area contributed by atoms with Gasteiger partial charge in [-0.25, -0.2) is 4.68 Å². The van der Waals surface area contributed by atoms with E-state index < -0.39 is 0 Å². The number of hydrogen-bond acceptors (Lipinski definition) is 7. The fraction of sp³-hybridized carbons (Fsp3) is 0.611. The quantitative estimate of drug-likeness (QED) is 0.685. The zero-order chi connectivity index (χ0) is 18.5. The fourth-order valence-electron chi connectivity index (χ4n) is 3.45. The highest BCUT2D eigenvalue weighted by Gasteiger charge is 2.18. The summed E-state index contributed by atoms with van der Waals surface area (Å²) in [6, 6.07) is 3.98. The van der Waals surface area contributed by atoms with E-state index in [2.05, 4.69) is 19.4 Å². The normalized spacial score (nSPS) is 19.4. The van der Waals surface area contributed by atoms with Gasteiger partial charge in [-0.2, -0.15) is 5.10 Å². The second kappa shape index (κ2) is 9.03. The second-order valence-electron chi connectivity index (χ2n) is 6.82. The molecule has 2 aromatic rings. The molecule has 2 fully saturated rings. The van der Waals surface area contributed by atoms with Crippen molar-refractivity contribution in [2.75, 3.05) is 59.2 Å². The minimum absolute atomic E-state index is 0.699. The topological polar surface area (TPSA) is 60.6 Å². The van der Waals surface area contributed by atoms with E-state index in [4.69, 9.17) is 26.8 Å². The van der Waals surface area contributed by atoms with Crippen LogP contribution in [-0.4, -0.2) is 88.3 Å². The first-order valence-electron chi connectivity index (χ1n) is 9.49. The van der Waals surface area contributed by atoms with Gasteiger partial charge in [-0.15, -0.1) is 0 Å². The molecule has 0 spiro atoms. The van der Waals surface area contributed by atoms with Gasteiger partial charge in [-0.1, -0.05) is 0 Å². The SMILES string of the molecule is S=c1n(CN2CCOCC2)nc(-c2ccncc2)n1CCN1CCOCC1. The Balaban J connectivity index is 1.57. The van der Waals surface area contributed by atoms with Crippen LogP contribution in [0.25, 0.3) is 11.4 Å². The number of hydrogen-bond donors (Lipinski definition) is 0. The maximum atomic E-state index is 5.79. The molecule has 0 radical (unpaired) electrons. The molecule has 4 rings (SSSR count). The van der Waals surface area contributed by atoms with Crippen LogP contribution in [0.4, 0.5) is 0 Å². The second-order valence-corrected chi connectivity index (χ2v) is 7.18. The van der Waals surface area contributed by atoms with Gasteiger partial charge in [0.25, 0.3) is 0 Å². The maximum absolute atomic E-state index is 5.79. The number of ether oxygens (including phenoxy) is 2. The van der Waals surface area contributed by atoms with E-state index >= 15 is 0 Å². The highest BCUT2D eigenvalue weighted by atomic mass is 32.1. The summed E-state index contributed by atoms with van der Waals surface area (Å²) < 4.78 is 15.8. The summed E-state index contributed by atoms with van der Waals surface area (Å²) in [5.74, 6) is 0.906. The van der Waals surface area contributed by atoms with Crippen molar-refractivity contribution in [2.24, 2.45) is 0 Å². The Morgan fingerprint density at radius 3 is 2.19 bits per heavy atom. The molecule has 0 aliphatic carbocycles. The first-order chi connectivity index (χ1) is 13.3. The van der Waals surface area contributed by atoms with Gasteiger partial charge >= 0.3 is 0 Å². The highest BCUT2D eigenvalue weighted by Crippen LogP contribution is 2.18. The van der Waals surface area contributed by atoms with E-state index in [0.29, 0.717) is 6.67 Å². The van der Waals surface area contributed by atoms with Crippen LogP contribution >= 0.6 is 12.2 Å². The lowest BCUT2D eigenvalue weighted by molar-refractivity contribution is 0.0209. The Labute approximate surface area is 164 Å². The third-order valence-electron chi connectivity index (χ3n) is 5.04. The van der Waals surface area contributed by atoms with Gasteiger partial charge in [0.05, 0.1) is 33.1 Å². The van der Waals surface area contributed by atoms with E-state index in [1.807, 2.05) is 16.8 Å². The van der Waals surface area contributed by atoms with Crippen molar-refractivity contribution in [2.45, 2.75) is 13.2 Å². The maximum Gasteiger partial charge on any atom is 0.199 e. The smallest absolute Gasteiger partial charge is 0.199 e. The first-order valence-corrected chi connectivity index (χ1v) is 9.90. The molecule has 0 bridgehead atoms. The van der Waals surface area contributed by atoms with E-state index in [-0.39, 0.29) is 0 Å². The van der Waals surface area contributed by atoms with Crippen LogP contribution in [0, 0.1) is 4.77 Å². The van der Waals surface area contributed by atoms with Crippen molar-refractivity contribution in [1.29, 1.82) is 0 Å². The molecule has 0 N–H and O–H groups in total. The van der Waals surface area contributed by atoms with E-state index in [1.54, 1.807) is 12.4 Å². The van der Waals surface area contributed by atoms with Crippen molar-refractivity contribution in [1.82, 2.24) is 29.1 Å². The molecule has 2 aliphatic rings. The minimum Gasteiger partial charge on any atom is -0.379 e. The van der Waals surface area contributed by atoms with Gasteiger partial charge < -0.3 is 9.47 Å². The number of morpholine rings is 2. The van der Waals surface area contributed by atoms with E-state index in [1.165, 1.54) is 0 Å². The predicted molar refractivity (Wildman–Crippen MR) is 104 cm³/mol. The fourth-order valence-corrected chi connectivity index (χ4v) is 3.72. The van der Waals surface area contributed by atoms with E-state index in [0.717, 1.165) is 81.9 Å². The molecule has 0 atom stereocenters. The van der Waals surface area contributed by atoms with Crippen LogP contribution < -0.4 is 0 Å². The third kappa shape index (κ3) is 4.61. The van der Waals surface area contributed by atoms with Gasteiger partial charge in [-0.05, 0) is 24.4 Å². The molecule has 2 saturated heterocycles. The molecule has 0 amide bonds. The molecular formula is C18H26N6O2S. The van der Waals surface area contributed by atoms with Crippen LogP contribution in [0.3, 0.4) is 0 Å². The minimum atomic E-state index is 0.699. The summed E-state index contributed by atoms with van der Waals surface area (Å²) in [6.45, 7) is 9.37. The molecule has 0 aromatic carbocycles. The number of rotatable bonds is 6. The van der Waals surface area contributed by atoms with Crippen LogP contribution in [0.1, 0.15) is 0 Å². The summed E-state index contributed by atoms with van der Waals surface area (Å²) in [4.78, 5) is 8.87. The zero-order valence-electron chi connectivity index (χ0n) is 15.5. The average molecular weight is 391 g/mol. The summed E-state index contributed by atoms with van der Waals surface area (Å²) in [6.07, 6.45) is 3.59. The Kier molecular flexibility index (Phi) is 6.25. The predicted octanol–water partition coefficient (Wildman–Crippen LogP) is 1.10. The molecule has 146 valence electrons. The Morgan fingerprint density at radius 2 is 1.52 bits per heavy atom. The lowest BCUT2D eigenvalue weighted by Gasteiger charge is -2.27. The standard InChI is InChI=1S/C18H26N6O2S/c27-18-23(6-5-21-7-11-25-12-8-21)17(16-1-3-19-4-2-16)20-24(18)15-22-9-13-26-14-10-22/h1-4H,5-15H2. The molecule has 8 nitrogen and oxygen atoms in total. The molecule has 2 aromatic heterocycles. The van der Waals surface area contributed by atoms with Gasteiger partial charge in [0.1, 0.15) is 0 Å². The summed E-state index contributed by atoms with van der Waals surface area (Å²) >= 11 is 5.79. The third-order valence-corrected chi connectivity index (χ3v) is 5.47. The Morgan fingerprint density at radius 1 is 0.889 bits per heavy atom. The van der Waals surface area contributed by atoms with E-state index in [9.17, 15) is 0 Å². The highest BCUT2D eigenvalue weighted by molar-refractivity contribution is 7.71. The lowest BCUT2D eigenvalue weighted by Crippen LogP contribution is -2.38. The lowest BCUT2D eigenvalue weighted by atomic mass is 10.2. The van der Waals surface area contributed by atoms with Crippen LogP contribution in [0.2, 0.25) is 0 Å². The monoisotopic (exact) mass is 390 g/mol. The van der Waals surface area contributed by atoms with Gasteiger partial charge in [0, 0.05) is 57.2 Å². The summed E-state index contributed by atoms with van der Waals surface area (Å²) in [5.41, 5.74) is 1.04. The van der Waals surface area contributed by atoms with Crippen molar-refractivity contribution >= 4 is 12.2 Å². The van der Waals surface area contributed by atoms with Gasteiger partial charge in [0.15, 0.2) is 10.6 Å². The summed E-state index contributed by atoms with van der Waals surface area (Å²) in [7, 11) is 0. The molecule has 0 unspecified atom stereocenters.